The molecule has 0 spiro atoms. The van der Waals surface area contributed by atoms with Crippen LogP contribution in [0.4, 0.5) is 0 Å². The van der Waals surface area contributed by atoms with Gasteiger partial charge in [0.2, 0.25) is 0 Å². The Morgan fingerprint density at radius 3 is 2.74 bits per heavy atom. The number of carbonyl (C=O) groups excluding carboxylic acids is 1. The Morgan fingerprint density at radius 2 is 2.00 bits per heavy atom. The summed E-state index contributed by atoms with van der Waals surface area (Å²) in [7, 11) is 0. The van der Waals surface area contributed by atoms with Crippen molar-refractivity contribution in [3.63, 3.8) is 0 Å². The predicted octanol–water partition coefficient (Wildman–Crippen LogP) is 3.49. The second-order valence-electron chi connectivity index (χ2n) is 5.65. The maximum Gasteiger partial charge on any atom is 0.265 e. The first-order chi connectivity index (χ1) is 9.18. The van der Waals surface area contributed by atoms with E-state index in [1.165, 1.54) is 19.3 Å². The van der Waals surface area contributed by atoms with Crippen molar-refractivity contribution in [3.05, 3.63) is 36.0 Å². The zero-order valence-corrected chi connectivity index (χ0v) is 11.3. The van der Waals surface area contributed by atoms with Crippen LogP contribution in [0.25, 0.3) is 10.9 Å². The third-order valence-corrected chi connectivity index (χ3v) is 4.40. The van der Waals surface area contributed by atoms with Gasteiger partial charge in [0.25, 0.3) is 5.91 Å². The average molecular weight is 256 g/mol. The van der Waals surface area contributed by atoms with Crippen molar-refractivity contribution in [2.45, 2.75) is 38.6 Å². The normalized spacial score (nSPS) is 23.6. The van der Waals surface area contributed by atoms with E-state index in [9.17, 15) is 4.79 Å². The standard InChI is InChI=1S/C16H20N2O/c1-11-6-2-4-8-13(11)18-14-9-5-3-7-12(14)10-15(18)16(17)19/h3,5,7,9-11,13H,2,4,6,8H2,1H3,(H2,17,19). The van der Waals surface area contributed by atoms with Gasteiger partial charge in [0.05, 0.1) is 0 Å². The number of hydrogen-bond acceptors (Lipinski definition) is 1. The largest absolute Gasteiger partial charge is 0.364 e. The molecule has 1 saturated carbocycles. The van der Waals surface area contributed by atoms with Crippen LogP contribution in [-0.2, 0) is 0 Å². The lowest BCUT2D eigenvalue weighted by Crippen LogP contribution is -2.26. The van der Waals surface area contributed by atoms with Crippen LogP contribution >= 0.6 is 0 Å². The second kappa shape index (κ2) is 4.72. The van der Waals surface area contributed by atoms with Crippen molar-refractivity contribution < 1.29 is 4.79 Å². The molecule has 0 saturated heterocycles. The number of benzene rings is 1. The minimum Gasteiger partial charge on any atom is -0.364 e. The summed E-state index contributed by atoms with van der Waals surface area (Å²) in [6.07, 6.45) is 4.90. The van der Waals surface area contributed by atoms with Gasteiger partial charge in [-0.25, -0.2) is 0 Å². The molecule has 1 aromatic heterocycles. The number of primary amides is 1. The molecule has 3 heteroatoms. The van der Waals surface area contributed by atoms with Crippen molar-refractivity contribution in [1.29, 1.82) is 0 Å². The first kappa shape index (κ1) is 12.3. The van der Waals surface area contributed by atoms with Gasteiger partial charge in [-0.1, -0.05) is 38.0 Å². The van der Waals surface area contributed by atoms with Crippen LogP contribution in [0.5, 0.6) is 0 Å². The molecule has 3 nitrogen and oxygen atoms in total. The zero-order valence-electron chi connectivity index (χ0n) is 11.3. The molecule has 1 heterocycles. The monoisotopic (exact) mass is 256 g/mol. The van der Waals surface area contributed by atoms with Crippen LogP contribution in [0.15, 0.2) is 30.3 Å². The fourth-order valence-corrected chi connectivity index (χ4v) is 3.40. The quantitative estimate of drug-likeness (QED) is 0.878. The van der Waals surface area contributed by atoms with E-state index in [-0.39, 0.29) is 5.91 Å². The summed E-state index contributed by atoms with van der Waals surface area (Å²) in [4.78, 5) is 11.7. The number of hydrogen-bond donors (Lipinski definition) is 1. The summed E-state index contributed by atoms with van der Waals surface area (Å²) < 4.78 is 2.18. The van der Waals surface area contributed by atoms with E-state index in [2.05, 4.69) is 17.6 Å². The maximum absolute atomic E-state index is 11.7. The number of rotatable bonds is 2. The lowest BCUT2D eigenvalue weighted by molar-refractivity contribution is 0.0985. The number of para-hydroxylation sites is 1. The molecule has 0 bridgehead atoms. The SMILES string of the molecule is CC1CCCCC1n1c(C(N)=O)cc2ccccc21. The lowest BCUT2D eigenvalue weighted by Gasteiger charge is -2.31. The first-order valence-corrected chi connectivity index (χ1v) is 7.08. The smallest absolute Gasteiger partial charge is 0.265 e. The van der Waals surface area contributed by atoms with E-state index in [1.54, 1.807) is 0 Å². The molecule has 2 N–H and O–H groups in total. The summed E-state index contributed by atoms with van der Waals surface area (Å²) in [6.45, 7) is 2.28. The molecule has 1 aromatic carbocycles. The van der Waals surface area contributed by atoms with Crippen molar-refractivity contribution in [1.82, 2.24) is 4.57 Å². The highest BCUT2D eigenvalue weighted by Crippen LogP contribution is 2.37. The van der Waals surface area contributed by atoms with Gasteiger partial charge >= 0.3 is 0 Å². The van der Waals surface area contributed by atoms with Crippen molar-refractivity contribution >= 4 is 16.8 Å². The summed E-state index contributed by atoms with van der Waals surface area (Å²) in [5.41, 5.74) is 7.36. The van der Waals surface area contributed by atoms with Crippen LogP contribution in [0.2, 0.25) is 0 Å². The Balaban J connectivity index is 2.19. The van der Waals surface area contributed by atoms with Gasteiger partial charge in [-0.2, -0.15) is 0 Å². The molecule has 2 aromatic rings. The molecular weight excluding hydrogens is 236 g/mol. The molecule has 1 fully saturated rings. The Bertz CT molecular complexity index is 614. The molecule has 2 atom stereocenters. The van der Waals surface area contributed by atoms with Crippen LogP contribution in [-0.4, -0.2) is 10.5 Å². The number of fused-ring (bicyclic) bond motifs is 1. The third kappa shape index (κ3) is 2.03. The highest BCUT2D eigenvalue weighted by Gasteiger charge is 2.27. The molecule has 1 aliphatic carbocycles. The maximum atomic E-state index is 11.7. The topological polar surface area (TPSA) is 48.0 Å². The van der Waals surface area contributed by atoms with Gasteiger partial charge in [0, 0.05) is 16.9 Å². The van der Waals surface area contributed by atoms with E-state index in [1.807, 2.05) is 24.3 Å². The molecule has 0 aliphatic heterocycles. The Morgan fingerprint density at radius 1 is 1.26 bits per heavy atom. The van der Waals surface area contributed by atoms with Gasteiger partial charge in [-0.3, -0.25) is 4.79 Å². The molecule has 1 aliphatic rings. The van der Waals surface area contributed by atoms with Crippen molar-refractivity contribution in [2.24, 2.45) is 11.7 Å². The van der Waals surface area contributed by atoms with Crippen LogP contribution in [0.3, 0.4) is 0 Å². The predicted molar refractivity (Wildman–Crippen MR) is 77.1 cm³/mol. The third-order valence-electron chi connectivity index (χ3n) is 4.40. The van der Waals surface area contributed by atoms with Gasteiger partial charge in [0.1, 0.15) is 5.69 Å². The summed E-state index contributed by atoms with van der Waals surface area (Å²) >= 11 is 0. The number of amides is 1. The van der Waals surface area contributed by atoms with Crippen molar-refractivity contribution in [3.8, 4) is 0 Å². The van der Waals surface area contributed by atoms with Gasteiger partial charge in [0.15, 0.2) is 0 Å². The molecule has 100 valence electrons. The summed E-state index contributed by atoms with van der Waals surface area (Å²) in [5, 5.41) is 1.11. The van der Waals surface area contributed by atoms with Crippen LogP contribution < -0.4 is 5.73 Å². The Hall–Kier alpha value is -1.77. The van der Waals surface area contributed by atoms with E-state index in [0.717, 1.165) is 17.3 Å². The van der Waals surface area contributed by atoms with Crippen LogP contribution in [0, 0.1) is 5.92 Å². The van der Waals surface area contributed by atoms with E-state index < -0.39 is 0 Å². The van der Waals surface area contributed by atoms with Crippen molar-refractivity contribution in [2.75, 3.05) is 0 Å². The van der Waals surface area contributed by atoms with E-state index >= 15 is 0 Å². The number of nitrogens with zero attached hydrogens (tertiary/aromatic N) is 1. The van der Waals surface area contributed by atoms with Crippen LogP contribution in [0.1, 0.15) is 49.1 Å². The van der Waals surface area contributed by atoms with Gasteiger partial charge in [-0.15, -0.1) is 0 Å². The minimum atomic E-state index is -0.325. The fourth-order valence-electron chi connectivity index (χ4n) is 3.40. The summed E-state index contributed by atoms with van der Waals surface area (Å²) in [6, 6.07) is 10.5. The first-order valence-electron chi connectivity index (χ1n) is 7.08. The fraction of sp³-hybridized carbons (Fsp3) is 0.438. The van der Waals surface area contributed by atoms with Gasteiger partial charge in [-0.05, 0) is 30.9 Å². The lowest BCUT2D eigenvalue weighted by atomic mass is 9.85. The van der Waals surface area contributed by atoms with E-state index in [4.69, 9.17) is 5.73 Å². The zero-order chi connectivity index (χ0) is 13.4. The Labute approximate surface area is 113 Å². The number of carbonyl (C=O) groups is 1. The molecule has 3 rings (SSSR count). The minimum absolute atomic E-state index is 0.325. The molecular formula is C16H20N2O. The average Bonchev–Trinajstić information content (AvgIpc) is 2.79. The highest BCUT2D eigenvalue weighted by molar-refractivity contribution is 5.97. The Kier molecular flexibility index (Phi) is 3.05. The molecule has 1 amide bonds. The molecule has 0 radical (unpaired) electrons. The highest BCUT2D eigenvalue weighted by atomic mass is 16.1. The second-order valence-corrected chi connectivity index (χ2v) is 5.65. The van der Waals surface area contributed by atoms with E-state index in [0.29, 0.717) is 17.7 Å². The number of aromatic nitrogens is 1. The molecule has 19 heavy (non-hydrogen) atoms. The number of nitrogens with two attached hydrogens (primary N) is 1. The van der Waals surface area contributed by atoms with Gasteiger partial charge < -0.3 is 10.3 Å². The summed E-state index contributed by atoms with van der Waals surface area (Å²) in [5.74, 6) is 0.275. The molecule has 2 unspecified atom stereocenters.